The van der Waals surface area contributed by atoms with Gasteiger partial charge in [0.1, 0.15) is 0 Å². The quantitative estimate of drug-likeness (QED) is 0.574. The molecule has 1 aliphatic rings. The van der Waals surface area contributed by atoms with Gasteiger partial charge in [-0.05, 0) is 58.5 Å². The van der Waals surface area contributed by atoms with Gasteiger partial charge in [-0.3, -0.25) is 4.79 Å². The maximum Gasteiger partial charge on any atom is 0.256 e. The zero-order valence-corrected chi connectivity index (χ0v) is 12.7. The first-order chi connectivity index (χ1) is 9.13. The van der Waals surface area contributed by atoms with Crippen LogP contribution in [-0.2, 0) is 4.79 Å². The average molecular weight is 382 g/mol. The Morgan fingerprint density at radius 2 is 2.00 bits per heavy atom. The van der Waals surface area contributed by atoms with Crippen molar-refractivity contribution in [3.05, 3.63) is 62.2 Å². The number of carbonyl (C=O) groups excluding carboxylic acids is 1. The van der Waals surface area contributed by atoms with Crippen LogP contribution < -0.4 is 5.32 Å². The van der Waals surface area contributed by atoms with Crippen LogP contribution in [0.15, 0.2) is 42.5 Å². The molecule has 0 atom stereocenters. The van der Waals surface area contributed by atoms with Gasteiger partial charge in [-0.2, -0.15) is 0 Å². The standard InChI is InChI=1S/C15H9ClINO/c16-10-4-5-12-13(15(19)18-14(12)8-10)7-9-2-1-3-11(17)6-9/h1-8H,(H,18,19)/b13-7+. The molecule has 0 radical (unpaired) electrons. The number of fused-ring (bicyclic) bond motifs is 1. The Bertz CT molecular complexity index is 709. The summed E-state index contributed by atoms with van der Waals surface area (Å²) in [5, 5.41) is 3.45. The monoisotopic (exact) mass is 381 g/mol. The average Bonchev–Trinajstić information content (AvgIpc) is 2.65. The van der Waals surface area contributed by atoms with Crippen molar-refractivity contribution in [2.75, 3.05) is 5.32 Å². The zero-order chi connectivity index (χ0) is 13.4. The second kappa shape index (κ2) is 4.98. The van der Waals surface area contributed by atoms with Gasteiger partial charge in [-0.25, -0.2) is 0 Å². The molecule has 3 rings (SSSR count). The van der Waals surface area contributed by atoms with E-state index in [9.17, 15) is 4.79 Å². The number of amides is 1. The summed E-state index contributed by atoms with van der Waals surface area (Å²) < 4.78 is 1.14. The lowest BCUT2D eigenvalue weighted by Crippen LogP contribution is -2.03. The number of hydrogen-bond acceptors (Lipinski definition) is 1. The molecule has 0 spiro atoms. The van der Waals surface area contributed by atoms with Crippen molar-refractivity contribution in [2.45, 2.75) is 0 Å². The minimum atomic E-state index is -0.0869. The number of carbonyl (C=O) groups is 1. The Morgan fingerprint density at radius 3 is 2.79 bits per heavy atom. The molecule has 2 aromatic rings. The van der Waals surface area contributed by atoms with E-state index in [1.165, 1.54) is 0 Å². The highest BCUT2D eigenvalue weighted by atomic mass is 127. The molecule has 0 aromatic heterocycles. The normalized spacial score (nSPS) is 15.5. The number of rotatable bonds is 1. The molecular formula is C15H9ClINO. The van der Waals surface area contributed by atoms with Crippen LogP contribution >= 0.6 is 34.2 Å². The van der Waals surface area contributed by atoms with Gasteiger partial charge >= 0.3 is 0 Å². The molecule has 1 aliphatic heterocycles. The van der Waals surface area contributed by atoms with Crippen molar-refractivity contribution in [1.82, 2.24) is 0 Å². The lowest BCUT2D eigenvalue weighted by molar-refractivity contribution is -0.110. The molecule has 1 amide bonds. The van der Waals surface area contributed by atoms with Crippen molar-refractivity contribution in [2.24, 2.45) is 0 Å². The third-order valence-electron chi connectivity index (χ3n) is 2.92. The summed E-state index contributed by atoms with van der Waals surface area (Å²) in [5.41, 5.74) is 3.36. The largest absolute Gasteiger partial charge is 0.321 e. The number of hydrogen-bond donors (Lipinski definition) is 1. The van der Waals surface area contributed by atoms with Gasteiger partial charge in [-0.15, -0.1) is 0 Å². The van der Waals surface area contributed by atoms with Gasteiger partial charge in [0, 0.05) is 19.7 Å². The predicted molar refractivity (Wildman–Crippen MR) is 87.1 cm³/mol. The summed E-state index contributed by atoms with van der Waals surface area (Å²) >= 11 is 8.18. The second-order valence-corrected chi connectivity index (χ2v) is 5.94. The van der Waals surface area contributed by atoms with Crippen molar-refractivity contribution in [3.63, 3.8) is 0 Å². The first-order valence-electron chi connectivity index (χ1n) is 5.72. The molecule has 4 heteroatoms. The highest BCUT2D eigenvalue weighted by molar-refractivity contribution is 14.1. The topological polar surface area (TPSA) is 29.1 Å². The minimum Gasteiger partial charge on any atom is -0.321 e. The van der Waals surface area contributed by atoms with Crippen molar-refractivity contribution in [3.8, 4) is 0 Å². The van der Waals surface area contributed by atoms with Crippen molar-refractivity contribution >= 4 is 57.4 Å². The van der Waals surface area contributed by atoms with E-state index >= 15 is 0 Å². The number of anilines is 1. The van der Waals surface area contributed by atoms with Crippen LogP contribution in [0.25, 0.3) is 11.6 Å². The van der Waals surface area contributed by atoms with Gasteiger partial charge in [0.05, 0.1) is 5.69 Å². The van der Waals surface area contributed by atoms with E-state index in [1.54, 1.807) is 12.1 Å². The van der Waals surface area contributed by atoms with Gasteiger partial charge < -0.3 is 5.32 Å². The summed E-state index contributed by atoms with van der Waals surface area (Å²) in [5.74, 6) is -0.0869. The van der Waals surface area contributed by atoms with Crippen molar-refractivity contribution < 1.29 is 4.79 Å². The molecule has 19 heavy (non-hydrogen) atoms. The van der Waals surface area contributed by atoms with Gasteiger partial charge in [-0.1, -0.05) is 29.8 Å². The molecule has 0 saturated carbocycles. The molecule has 0 aliphatic carbocycles. The molecule has 1 heterocycles. The lowest BCUT2D eigenvalue weighted by atomic mass is 10.0. The van der Waals surface area contributed by atoms with E-state index in [-0.39, 0.29) is 5.91 Å². The second-order valence-electron chi connectivity index (χ2n) is 4.26. The van der Waals surface area contributed by atoms with Crippen LogP contribution in [0.3, 0.4) is 0 Å². The van der Waals surface area contributed by atoms with E-state index < -0.39 is 0 Å². The highest BCUT2D eigenvalue weighted by Crippen LogP contribution is 2.34. The zero-order valence-electron chi connectivity index (χ0n) is 9.78. The van der Waals surface area contributed by atoms with Crippen LogP contribution in [0.1, 0.15) is 11.1 Å². The fourth-order valence-corrected chi connectivity index (χ4v) is 2.81. The Balaban J connectivity index is 2.09. The Kier molecular flexibility index (Phi) is 3.33. The number of nitrogens with one attached hydrogen (secondary N) is 1. The lowest BCUT2D eigenvalue weighted by Gasteiger charge is -1.99. The van der Waals surface area contributed by atoms with Crippen LogP contribution in [0.2, 0.25) is 5.02 Å². The Hall–Kier alpha value is -1.33. The minimum absolute atomic E-state index is 0.0869. The van der Waals surface area contributed by atoms with E-state index in [1.807, 2.05) is 36.4 Å². The summed E-state index contributed by atoms with van der Waals surface area (Å²) in [6.07, 6.45) is 1.90. The smallest absolute Gasteiger partial charge is 0.256 e. The molecule has 2 nitrogen and oxygen atoms in total. The third kappa shape index (κ3) is 2.53. The van der Waals surface area contributed by atoms with E-state index in [4.69, 9.17) is 11.6 Å². The fourth-order valence-electron chi connectivity index (χ4n) is 2.07. The summed E-state index contributed by atoms with van der Waals surface area (Å²) in [4.78, 5) is 12.0. The number of benzene rings is 2. The summed E-state index contributed by atoms with van der Waals surface area (Å²) in [7, 11) is 0. The summed E-state index contributed by atoms with van der Waals surface area (Å²) in [6.45, 7) is 0. The molecule has 94 valence electrons. The molecule has 0 fully saturated rings. The first-order valence-corrected chi connectivity index (χ1v) is 7.18. The molecule has 0 saturated heterocycles. The number of halogens is 2. The fraction of sp³-hybridized carbons (Fsp3) is 0. The van der Waals surface area contributed by atoms with Gasteiger partial charge in [0.2, 0.25) is 0 Å². The molecule has 1 N–H and O–H groups in total. The SMILES string of the molecule is O=C1Nc2cc(Cl)ccc2/C1=C\c1cccc(I)c1. The van der Waals surface area contributed by atoms with E-state index in [0.717, 1.165) is 20.4 Å². The van der Waals surface area contributed by atoms with Gasteiger partial charge in [0.25, 0.3) is 5.91 Å². The Labute approximate surface area is 129 Å². The van der Waals surface area contributed by atoms with E-state index in [2.05, 4.69) is 27.9 Å². The van der Waals surface area contributed by atoms with Crippen LogP contribution in [0.4, 0.5) is 5.69 Å². The van der Waals surface area contributed by atoms with E-state index in [0.29, 0.717) is 10.6 Å². The first kappa shape index (κ1) is 12.7. The summed E-state index contributed by atoms with van der Waals surface area (Å²) in [6, 6.07) is 13.4. The molecule has 0 unspecified atom stereocenters. The molecular weight excluding hydrogens is 373 g/mol. The van der Waals surface area contributed by atoms with Crippen LogP contribution in [0.5, 0.6) is 0 Å². The maximum absolute atomic E-state index is 12.0. The molecule has 2 aromatic carbocycles. The highest BCUT2D eigenvalue weighted by Gasteiger charge is 2.23. The van der Waals surface area contributed by atoms with Gasteiger partial charge in [0.15, 0.2) is 0 Å². The van der Waals surface area contributed by atoms with Crippen LogP contribution in [-0.4, -0.2) is 5.91 Å². The predicted octanol–water partition coefficient (Wildman–Crippen LogP) is 4.44. The van der Waals surface area contributed by atoms with Crippen LogP contribution in [0, 0.1) is 3.57 Å². The maximum atomic E-state index is 12.0. The third-order valence-corrected chi connectivity index (χ3v) is 3.83. The Morgan fingerprint density at radius 1 is 1.16 bits per heavy atom. The van der Waals surface area contributed by atoms with Crippen molar-refractivity contribution in [1.29, 1.82) is 0 Å². The molecule has 0 bridgehead atoms.